The molecule has 0 bridgehead atoms. The lowest BCUT2D eigenvalue weighted by atomic mass is 10.1. The zero-order chi connectivity index (χ0) is 16.2. The first-order valence-corrected chi connectivity index (χ1v) is 7.46. The lowest BCUT2D eigenvalue weighted by molar-refractivity contribution is 0.0753. The number of piperidine rings is 1. The third-order valence-corrected chi connectivity index (χ3v) is 3.77. The number of benzene rings is 1. The lowest BCUT2D eigenvalue weighted by Crippen LogP contribution is -2.38. The van der Waals surface area contributed by atoms with Crippen molar-refractivity contribution in [2.24, 2.45) is 5.16 Å². The Bertz CT molecular complexity index is 711. The van der Waals surface area contributed by atoms with Crippen LogP contribution < -0.4 is 0 Å². The molecular weight excluding hydrogens is 296 g/mol. The molecule has 120 valence electrons. The number of rotatable bonds is 3. The second-order valence-corrected chi connectivity index (χ2v) is 5.35. The average molecular weight is 314 g/mol. The molecule has 7 nitrogen and oxygen atoms in total. The molecule has 0 N–H and O–H groups in total. The van der Waals surface area contributed by atoms with E-state index in [1.807, 2.05) is 17.0 Å². The number of aromatic nitrogens is 2. The van der Waals surface area contributed by atoms with Crippen molar-refractivity contribution >= 4 is 11.6 Å². The molecule has 0 unspecified atom stereocenters. The minimum atomic E-state index is 0.0253. The minimum Gasteiger partial charge on any atom is -0.399 e. The number of amides is 1. The summed E-state index contributed by atoms with van der Waals surface area (Å²) in [5, 5.41) is 7.82. The zero-order valence-electron chi connectivity index (χ0n) is 13.2. The molecule has 0 radical (unpaired) electrons. The first-order valence-electron chi connectivity index (χ1n) is 7.46. The van der Waals surface area contributed by atoms with Gasteiger partial charge in [0.15, 0.2) is 0 Å². The third kappa shape index (κ3) is 3.39. The first-order chi connectivity index (χ1) is 11.2. The number of carbonyl (C=O) groups excluding carboxylic acids is 1. The molecule has 3 rings (SSSR count). The van der Waals surface area contributed by atoms with Crippen LogP contribution in [0, 0.1) is 6.92 Å². The van der Waals surface area contributed by atoms with Crippen LogP contribution in [0.25, 0.3) is 11.4 Å². The third-order valence-electron chi connectivity index (χ3n) is 3.77. The monoisotopic (exact) mass is 314 g/mol. The zero-order valence-corrected chi connectivity index (χ0v) is 13.2. The van der Waals surface area contributed by atoms with Crippen LogP contribution in [0.5, 0.6) is 0 Å². The van der Waals surface area contributed by atoms with Gasteiger partial charge in [0.2, 0.25) is 11.7 Å². The normalized spacial score (nSPS) is 14.7. The highest BCUT2D eigenvalue weighted by Crippen LogP contribution is 2.18. The summed E-state index contributed by atoms with van der Waals surface area (Å²) in [7, 11) is 1.54. The predicted octanol–water partition coefficient (Wildman–Crippen LogP) is 2.28. The predicted molar refractivity (Wildman–Crippen MR) is 84.1 cm³/mol. The molecule has 1 aliphatic rings. The van der Waals surface area contributed by atoms with Crippen LogP contribution in [0.1, 0.15) is 29.1 Å². The number of likely N-dealkylation sites (tertiary alicyclic amines) is 1. The number of carbonyl (C=O) groups is 1. The smallest absolute Gasteiger partial charge is 0.253 e. The van der Waals surface area contributed by atoms with E-state index in [1.165, 1.54) is 7.11 Å². The largest absolute Gasteiger partial charge is 0.399 e. The van der Waals surface area contributed by atoms with Gasteiger partial charge >= 0.3 is 0 Å². The van der Waals surface area contributed by atoms with E-state index in [9.17, 15) is 4.79 Å². The van der Waals surface area contributed by atoms with Gasteiger partial charge in [-0.2, -0.15) is 4.98 Å². The topological polar surface area (TPSA) is 80.8 Å². The Kier molecular flexibility index (Phi) is 4.36. The highest BCUT2D eigenvalue weighted by Gasteiger charge is 2.21. The molecule has 1 fully saturated rings. The van der Waals surface area contributed by atoms with Crippen LogP contribution in [-0.2, 0) is 4.84 Å². The van der Waals surface area contributed by atoms with E-state index < -0.39 is 0 Å². The summed E-state index contributed by atoms with van der Waals surface area (Å²) in [6.07, 6.45) is 1.50. The maximum atomic E-state index is 12.5. The Morgan fingerprint density at radius 2 is 1.96 bits per heavy atom. The minimum absolute atomic E-state index is 0.0253. The molecular formula is C16H18N4O3. The standard InChI is InChI=1S/C16H18N4O3/c1-11-17-15(19-23-11)12-3-5-13(6-4-12)16(21)20-9-7-14(8-10-20)18-22-2/h3-6H,7-10H2,1-2H3. The first kappa shape index (κ1) is 15.2. The summed E-state index contributed by atoms with van der Waals surface area (Å²) in [6.45, 7) is 3.06. The van der Waals surface area contributed by atoms with Crippen LogP contribution in [0.2, 0.25) is 0 Å². The van der Waals surface area contributed by atoms with Gasteiger partial charge in [-0.15, -0.1) is 0 Å². The second kappa shape index (κ2) is 6.60. The quantitative estimate of drug-likeness (QED) is 0.812. The summed E-state index contributed by atoms with van der Waals surface area (Å²) in [4.78, 5) is 23.3. The summed E-state index contributed by atoms with van der Waals surface area (Å²) in [5.41, 5.74) is 2.48. The van der Waals surface area contributed by atoms with Gasteiger partial charge in [-0.25, -0.2) is 0 Å². The summed E-state index contributed by atoms with van der Waals surface area (Å²) < 4.78 is 4.96. The van der Waals surface area contributed by atoms with Crippen molar-refractivity contribution < 1.29 is 14.2 Å². The summed E-state index contributed by atoms with van der Waals surface area (Å²) >= 11 is 0. The Hall–Kier alpha value is -2.70. The molecule has 0 saturated carbocycles. The number of nitrogens with zero attached hydrogens (tertiary/aromatic N) is 4. The number of oxime groups is 1. The molecule has 2 aromatic rings. The Balaban J connectivity index is 1.68. The fourth-order valence-corrected chi connectivity index (χ4v) is 2.55. The molecule has 1 aromatic carbocycles. The van der Waals surface area contributed by atoms with Crippen LogP contribution >= 0.6 is 0 Å². The Morgan fingerprint density at radius 1 is 1.26 bits per heavy atom. The van der Waals surface area contributed by atoms with E-state index >= 15 is 0 Å². The van der Waals surface area contributed by atoms with Crippen molar-refractivity contribution in [1.29, 1.82) is 0 Å². The van der Waals surface area contributed by atoms with Gasteiger partial charge in [-0.3, -0.25) is 4.79 Å². The van der Waals surface area contributed by atoms with Crippen molar-refractivity contribution in [2.45, 2.75) is 19.8 Å². The molecule has 23 heavy (non-hydrogen) atoms. The molecule has 0 spiro atoms. The number of hydrogen-bond donors (Lipinski definition) is 0. The molecule has 0 aliphatic carbocycles. The average Bonchev–Trinajstić information content (AvgIpc) is 3.02. The van der Waals surface area contributed by atoms with Gasteiger partial charge in [-0.05, 0) is 12.1 Å². The fraction of sp³-hybridized carbons (Fsp3) is 0.375. The van der Waals surface area contributed by atoms with Gasteiger partial charge in [0, 0.05) is 44.0 Å². The van der Waals surface area contributed by atoms with Gasteiger partial charge in [0.1, 0.15) is 7.11 Å². The van der Waals surface area contributed by atoms with Crippen molar-refractivity contribution in [3.63, 3.8) is 0 Å². The number of hydrogen-bond acceptors (Lipinski definition) is 6. The summed E-state index contributed by atoms with van der Waals surface area (Å²) in [6, 6.07) is 7.25. The maximum Gasteiger partial charge on any atom is 0.253 e. The Labute approximate surface area is 133 Å². The molecule has 1 aromatic heterocycles. The van der Waals surface area contributed by atoms with Crippen molar-refractivity contribution in [3.05, 3.63) is 35.7 Å². The highest BCUT2D eigenvalue weighted by atomic mass is 16.6. The van der Waals surface area contributed by atoms with Gasteiger partial charge < -0.3 is 14.3 Å². The van der Waals surface area contributed by atoms with E-state index in [1.54, 1.807) is 19.1 Å². The molecule has 1 amide bonds. The molecule has 2 heterocycles. The number of aryl methyl sites for hydroxylation is 1. The second-order valence-electron chi connectivity index (χ2n) is 5.35. The highest BCUT2D eigenvalue weighted by molar-refractivity contribution is 5.96. The van der Waals surface area contributed by atoms with Crippen LogP contribution in [-0.4, -0.2) is 46.9 Å². The van der Waals surface area contributed by atoms with Crippen molar-refractivity contribution in [1.82, 2.24) is 15.0 Å². The van der Waals surface area contributed by atoms with Gasteiger partial charge in [0.25, 0.3) is 5.91 Å². The van der Waals surface area contributed by atoms with Crippen molar-refractivity contribution in [3.8, 4) is 11.4 Å². The van der Waals surface area contributed by atoms with E-state index in [2.05, 4.69) is 15.3 Å². The van der Waals surface area contributed by atoms with E-state index in [-0.39, 0.29) is 5.91 Å². The van der Waals surface area contributed by atoms with Crippen LogP contribution in [0.3, 0.4) is 0 Å². The lowest BCUT2D eigenvalue weighted by Gasteiger charge is -2.27. The van der Waals surface area contributed by atoms with Crippen LogP contribution in [0.15, 0.2) is 33.9 Å². The van der Waals surface area contributed by atoms with E-state index in [4.69, 9.17) is 9.36 Å². The molecule has 1 saturated heterocycles. The van der Waals surface area contributed by atoms with E-state index in [0.29, 0.717) is 30.4 Å². The van der Waals surface area contributed by atoms with Crippen LogP contribution in [0.4, 0.5) is 0 Å². The van der Waals surface area contributed by atoms with E-state index in [0.717, 1.165) is 24.1 Å². The fourth-order valence-electron chi connectivity index (χ4n) is 2.55. The Morgan fingerprint density at radius 3 is 2.52 bits per heavy atom. The van der Waals surface area contributed by atoms with Gasteiger partial charge in [0.05, 0.1) is 5.71 Å². The maximum absolute atomic E-state index is 12.5. The summed E-state index contributed by atoms with van der Waals surface area (Å²) in [5.74, 6) is 1.07. The SMILES string of the molecule is CON=C1CCN(C(=O)c2ccc(-c3noc(C)n3)cc2)CC1. The molecule has 7 heteroatoms. The molecule has 0 atom stereocenters. The van der Waals surface area contributed by atoms with Gasteiger partial charge in [-0.1, -0.05) is 22.4 Å². The van der Waals surface area contributed by atoms with Crippen molar-refractivity contribution in [2.75, 3.05) is 20.2 Å². The molecule has 1 aliphatic heterocycles.